The molecule has 0 radical (unpaired) electrons. The van der Waals surface area contributed by atoms with Crippen molar-refractivity contribution in [2.75, 3.05) is 19.1 Å². The van der Waals surface area contributed by atoms with Crippen molar-refractivity contribution in [3.8, 4) is 11.5 Å². The Bertz CT molecular complexity index is 1680. The molecule has 43 heavy (non-hydrogen) atoms. The lowest BCUT2D eigenvalue weighted by Crippen LogP contribution is -2.49. The zero-order valence-electron chi connectivity index (χ0n) is 23.1. The number of rotatable bonds is 3. The molecule has 0 bridgehead atoms. The molecule has 0 spiro atoms. The molecule has 1 N–H and O–H groups in total. The standard InChI is InChI=1S/C30H25Cl2FN2O8/c1-30-17(26(38)34(28(30)40)13-4-7-20(33)18(31)10-13)11-16-14(23(30)12-8-19(32)24(36)21(9-12)42-2)5-6-15-22(16)27(39)35(25(15)37)29(41)43-3/h4-5,7-10,15-17,22-23,36H,6,11H2,1-3H3/t15-,16+,17-,22-,23-,30+/m0/s1. The summed E-state index contributed by atoms with van der Waals surface area (Å²) in [5.74, 6) is -8.01. The molecule has 2 aliphatic heterocycles. The number of hydrogen-bond acceptors (Lipinski definition) is 8. The van der Waals surface area contributed by atoms with E-state index in [0.29, 0.717) is 16.0 Å². The highest BCUT2D eigenvalue weighted by molar-refractivity contribution is 6.32. The minimum atomic E-state index is -1.44. The predicted molar refractivity (Wildman–Crippen MR) is 150 cm³/mol. The SMILES string of the molecule is COC(=O)N1C(=O)[C@H]2[C@H](CC=C3[C@H]2C[C@H]2C(=O)N(c4ccc(F)c(Cl)c4)C(=O)[C@@]2(C)[C@H]3c2cc(Cl)c(O)c(OC)c2)C1=O. The average Bonchev–Trinajstić information content (AvgIpc) is 3.35. The van der Waals surface area contributed by atoms with E-state index in [-0.39, 0.29) is 40.1 Å². The van der Waals surface area contributed by atoms with E-state index in [9.17, 15) is 33.5 Å². The first-order valence-corrected chi connectivity index (χ1v) is 14.2. The molecule has 2 aliphatic carbocycles. The van der Waals surface area contributed by atoms with Crippen LogP contribution >= 0.6 is 23.2 Å². The number of aromatic hydroxyl groups is 1. The van der Waals surface area contributed by atoms with Crippen molar-refractivity contribution in [1.29, 1.82) is 0 Å². The number of amides is 5. The van der Waals surface area contributed by atoms with Crippen molar-refractivity contribution >= 4 is 58.6 Å². The monoisotopic (exact) mass is 630 g/mol. The normalized spacial score (nSPS) is 29.7. The maximum atomic E-state index is 14.4. The molecule has 10 nitrogen and oxygen atoms in total. The number of imide groups is 4. The highest BCUT2D eigenvalue weighted by atomic mass is 35.5. The van der Waals surface area contributed by atoms with Crippen molar-refractivity contribution < 1.29 is 42.9 Å². The lowest BCUT2D eigenvalue weighted by molar-refractivity contribution is -0.138. The van der Waals surface area contributed by atoms with E-state index >= 15 is 0 Å². The van der Waals surface area contributed by atoms with Gasteiger partial charge in [-0.25, -0.2) is 14.1 Å². The zero-order chi connectivity index (χ0) is 31.1. The number of fused-ring (bicyclic) bond motifs is 4. The highest BCUT2D eigenvalue weighted by Gasteiger charge is 2.68. The Kier molecular flexibility index (Phi) is 6.81. The molecular formula is C30H25Cl2FN2O8. The number of hydrogen-bond donors (Lipinski definition) is 1. The number of methoxy groups -OCH3 is 2. The highest BCUT2D eigenvalue weighted by Crippen LogP contribution is 2.64. The number of likely N-dealkylation sites (tertiary alicyclic amines) is 1. The largest absolute Gasteiger partial charge is 0.503 e. The summed E-state index contributed by atoms with van der Waals surface area (Å²) in [5, 5.41) is 10.1. The second-order valence-electron chi connectivity index (χ2n) is 11.3. The van der Waals surface area contributed by atoms with Crippen LogP contribution in [0.5, 0.6) is 11.5 Å². The van der Waals surface area contributed by atoms with Crippen molar-refractivity contribution in [2.45, 2.75) is 25.7 Å². The van der Waals surface area contributed by atoms with E-state index in [1.165, 1.54) is 31.4 Å². The molecule has 2 aromatic rings. The number of carbonyl (C=O) groups is 5. The van der Waals surface area contributed by atoms with Crippen molar-refractivity contribution in [2.24, 2.45) is 29.1 Å². The first-order valence-electron chi connectivity index (χ1n) is 13.4. The van der Waals surface area contributed by atoms with E-state index in [0.717, 1.165) is 18.1 Å². The van der Waals surface area contributed by atoms with Gasteiger partial charge >= 0.3 is 6.09 Å². The molecule has 0 aromatic heterocycles. The Hall–Kier alpha value is -3.96. The fraction of sp³-hybridized carbons (Fsp3) is 0.367. The first kappa shape index (κ1) is 29.1. The molecule has 2 heterocycles. The minimum absolute atomic E-state index is 0.0208. The molecule has 6 atom stereocenters. The van der Waals surface area contributed by atoms with Gasteiger partial charge in [-0.1, -0.05) is 34.9 Å². The van der Waals surface area contributed by atoms with Crippen LogP contribution in [0, 0.1) is 34.9 Å². The number of anilines is 1. The second kappa shape index (κ2) is 10.1. The minimum Gasteiger partial charge on any atom is -0.503 e. The maximum absolute atomic E-state index is 14.4. The summed E-state index contributed by atoms with van der Waals surface area (Å²) < 4.78 is 24.0. The summed E-state index contributed by atoms with van der Waals surface area (Å²) in [6.45, 7) is 1.65. The van der Waals surface area contributed by atoms with Crippen molar-refractivity contribution in [3.05, 3.63) is 63.4 Å². The van der Waals surface area contributed by atoms with Gasteiger partial charge in [0.1, 0.15) is 5.82 Å². The van der Waals surface area contributed by atoms with Gasteiger partial charge in [0.2, 0.25) is 23.6 Å². The van der Waals surface area contributed by atoms with Gasteiger partial charge in [-0.2, -0.15) is 4.90 Å². The van der Waals surface area contributed by atoms with E-state index in [1.807, 2.05) is 0 Å². The van der Waals surface area contributed by atoms with Gasteiger partial charge in [0.25, 0.3) is 0 Å². The number of ether oxygens (including phenoxy) is 2. The smallest absolute Gasteiger partial charge is 0.423 e. The fourth-order valence-corrected chi connectivity index (χ4v) is 7.85. The van der Waals surface area contributed by atoms with Gasteiger partial charge in [-0.15, -0.1) is 0 Å². The van der Waals surface area contributed by atoms with Gasteiger partial charge in [0.15, 0.2) is 11.5 Å². The third kappa shape index (κ3) is 3.94. The van der Waals surface area contributed by atoms with E-state index in [1.54, 1.807) is 13.0 Å². The lowest BCUT2D eigenvalue weighted by Gasteiger charge is -2.49. The summed E-state index contributed by atoms with van der Waals surface area (Å²) in [6, 6.07) is 6.52. The van der Waals surface area contributed by atoms with Crippen LogP contribution in [-0.2, 0) is 23.9 Å². The molecule has 4 aliphatic rings. The van der Waals surface area contributed by atoms with Crippen LogP contribution in [0.25, 0.3) is 0 Å². The molecule has 13 heteroatoms. The van der Waals surface area contributed by atoms with Gasteiger partial charge < -0.3 is 14.6 Å². The summed E-state index contributed by atoms with van der Waals surface area (Å²) in [6.07, 6.45) is 0.817. The lowest BCUT2D eigenvalue weighted by atomic mass is 9.51. The number of carbonyl (C=O) groups excluding carboxylic acids is 5. The third-order valence-corrected chi connectivity index (χ3v) is 9.98. The molecule has 0 unspecified atom stereocenters. The Balaban J connectivity index is 1.55. The van der Waals surface area contributed by atoms with Gasteiger partial charge in [-0.05, 0) is 61.6 Å². The van der Waals surface area contributed by atoms with Crippen LogP contribution in [-0.4, -0.2) is 53.9 Å². The number of nitrogens with zero attached hydrogens (tertiary/aromatic N) is 2. The topological polar surface area (TPSA) is 131 Å². The van der Waals surface area contributed by atoms with Gasteiger partial charge in [-0.3, -0.25) is 19.2 Å². The molecule has 1 saturated carbocycles. The summed E-state index contributed by atoms with van der Waals surface area (Å²) in [7, 11) is 2.40. The number of halogens is 3. The molecule has 3 fully saturated rings. The second-order valence-corrected chi connectivity index (χ2v) is 12.1. The number of phenols is 1. The maximum Gasteiger partial charge on any atom is 0.423 e. The molecule has 6 rings (SSSR count). The van der Waals surface area contributed by atoms with Crippen LogP contribution in [0.3, 0.4) is 0 Å². The number of allylic oxidation sites excluding steroid dienone is 2. The number of phenolic OH excluding ortho intramolecular Hbond substituents is 1. The Morgan fingerprint density at radius 2 is 1.74 bits per heavy atom. The molecule has 2 saturated heterocycles. The summed E-state index contributed by atoms with van der Waals surface area (Å²) >= 11 is 12.4. The molecular weight excluding hydrogens is 606 g/mol. The van der Waals surface area contributed by atoms with Crippen LogP contribution < -0.4 is 9.64 Å². The summed E-state index contributed by atoms with van der Waals surface area (Å²) in [5.41, 5.74) is -0.303. The van der Waals surface area contributed by atoms with Crippen LogP contribution in [0.1, 0.15) is 31.2 Å². The van der Waals surface area contributed by atoms with Crippen molar-refractivity contribution in [3.63, 3.8) is 0 Å². The Morgan fingerprint density at radius 3 is 2.40 bits per heavy atom. The van der Waals surface area contributed by atoms with Gasteiger partial charge in [0.05, 0.1) is 53.1 Å². The van der Waals surface area contributed by atoms with Gasteiger partial charge in [0, 0.05) is 5.92 Å². The van der Waals surface area contributed by atoms with E-state index in [4.69, 9.17) is 27.9 Å². The van der Waals surface area contributed by atoms with Crippen molar-refractivity contribution in [1.82, 2.24) is 4.90 Å². The first-order chi connectivity index (χ1) is 20.4. The van der Waals surface area contributed by atoms with Crippen LogP contribution in [0.2, 0.25) is 10.0 Å². The molecule has 224 valence electrons. The summed E-state index contributed by atoms with van der Waals surface area (Å²) in [4.78, 5) is 69.2. The Labute approximate surface area is 254 Å². The van der Waals surface area contributed by atoms with Crippen LogP contribution in [0.4, 0.5) is 14.9 Å². The molecule has 2 aromatic carbocycles. The van der Waals surface area contributed by atoms with Crippen LogP contribution in [0.15, 0.2) is 42.0 Å². The van der Waals surface area contributed by atoms with E-state index in [2.05, 4.69) is 4.74 Å². The third-order valence-electron chi connectivity index (χ3n) is 9.40. The van der Waals surface area contributed by atoms with E-state index < -0.39 is 70.5 Å². The number of benzene rings is 2. The average molecular weight is 631 g/mol. The Morgan fingerprint density at radius 1 is 1.02 bits per heavy atom. The fourth-order valence-electron chi connectivity index (χ4n) is 7.45. The zero-order valence-corrected chi connectivity index (χ0v) is 24.6. The quantitative estimate of drug-likeness (QED) is 0.376. The molecule has 5 amide bonds. The predicted octanol–water partition coefficient (Wildman–Crippen LogP) is 4.84.